The van der Waals surface area contributed by atoms with Crippen molar-refractivity contribution in [3.8, 4) is 11.3 Å². The van der Waals surface area contributed by atoms with Crippen LogP contribution in [0.4, 0.5) is 15.8 Å². The Hall–Kier alpha value is -3.35. The third-order valence-electron chi connectivity index (χ3n) is 5.82. The molecule has 0 atom stereocenters. The summed E-state index contributed by atoms with van der Waals surface area (Å²) >= 11 is 0. The molecule has 4 aromatic rings. The van der Waals surface area contributed by atoms with Gasteiger partial charge >= 0.3 is 0 Å². The first kappa shape index (κ1) is 19.6. The second-order valence-electron chi connectivity index (χ2n) is 7.95. The molecule has 31 heavy (non-hydrogen) atoms. The summed E-state index contributed by atoms with van der Waals surface area (Å²) in [5.41, 5.74) is 5.71. The van der Waals surface area contributed by atoms with Gasteiger partial charge in [0.2, 0.25) is 0 Å². The van der Waals surface area contributed by atoms with Gasteiger partial charge in [-0.05, 0) is 66.5 Å². The van der Waals surface area contributed by atoms with Gasteiger partial charge in [-0.1, -0.05) is 18.2 Å². The van der Waals surface area contributed by atoms with Crippen LogP contribution in [0.5, 0.6) is 0 Å². The van der Waals surface area contributed by atoms with E-state index in [0.717, 1.165) is 47.7 Å². The fourth-order valence-corrected chi connectivity index (χ4v) is 4.16. The monoisotopic (exact) mass is 414 g/mol. The predicted molar refractivity (Wildman–Crippen MR) is 121 cm³/mol. The topological polar surface area (TPSA) is 52.5 Å². The quantitative estimate of drug-likeness (QED) is 0.535. The molecule has 0 saturated carbocycles. The van der Waals surface area contributed by atoms with Gasteiger partial charge in [-0.3, -0.25) is 0 Å². The van der Waals surface area contributed by atoms with Crippen LogP contribution in [0, 0.1) is 5.82 Å². The summed E-state index contributed by atoms with van der Waals surface area (Å²) in [5, 5.41) is 19.1. The predicted octanol–water partition coefficient (Wildman–Crippen LogP) is 4.51. The molecule has 5 nitrogen and oxygen atoms in total. The summed E-state index contributed by atoms with van der Waals surface area (Å²) in [6.07, 6.45) is 0. The van der Waals surface area contributed by atoms with Crippen molar-refractivity contribution in [2.45, 2.75) is 13.2 Å². The Morgan fingerprint density at radius 1 is 0.968 bits per heavy atom. The number of halogens is 1. The Balaban J connectivity index is 1.57. The fraction of sp³-hybridized carbons (Fsp3) is 0.200. The third-order valence-corrected chi connectivity index (χ3v) is 5.82. The molecule has 6 heteroatoms. The van der Waals surface area contributed by atoms with E-state index in [-0.39, 0.29) is 12.4 Å². The van der Waals surface area contributed by atoms with Crippen LogP contribution < -0.4 is 4.90 Å². The van der Waals surface area contributed by atoms with E-state index in [1.54, 1.807) is 12.1 Å². The number of benzene rings is 3. The van der Waals surface area contributed by atoms with E-state index in [1.165, 1.54) is 11.6 Å². The van der Waals surface area contributed by atoms with Gasteiger partial charge < -0.3 is 14.9 Å². The number of likely N-dealkylation sites (N-methyl/N-ethyl adjacent to an activating group) is 1. The van der Waals surface area contributed by atoms with Crippen molar-refractivity contribution in [1.29, 1.82) is 0 Å². The van der Waals surface area contributed by atoms with Crippen molar-refractivity contribution >= 4 is 22.1 Å². The molecule has 0 radical (unpaired) electrons. The second kappa shape index (κ2) is 8.06. The molecule has 0 amide bonds. The molecule has 0 saturated heterocycles. The third kappa shape index (κ3) is 3.76. The number of aliphatic hydroxyl groups excluding tert-OH is 1. The molecule has 0 aliphatic carbocycles. The Morgan fingerprint density at radius 2 is 1.87 bits per heavy atom. The van der Waals surface area contributed by atoms with Gasteiger partial charge in [0.25, 0.3) is 0 Å². The first-order valence-corrected chi connectivity index (χ1v) is 10.3. The second-order valence-corrected chi connectivity index (χ2v) is 7.95. The van der Waals surface area contributed by atoms with E-state index in [0.29, 0.717) is 11.1 Å². The summed E-state index contributed by atoms with van der Waals surface area (Å²) in [6, 6.07) is 21.1. The van der Waals surface area contributed by atoms with E-state index in [4.69, 9.17) is 0 Å². The first-order valence-electron chi connectivity index (χ1n) is 10.3. The highest BCUT2D eigenvalue weighted by Gasteiger charge is 2.20. The van der Waals surface area contributed by atoms with Crippen molar-refractivity contribution in [1.82, 2.24) is 15.1 Å². The highest BCUT2D eigenvalue weighted by molar-refractivity contribution is 5.88. The van der Waals surface area contributed by atoms with E-state index >= 15 is 0 Å². The lowest BCUT2D eigenvalue weighted by molar-refractivity contribution is 0.275. The van der Waals surface area contributed by atoms with Gasteiger partial charge in [0.15, 0.2) is 0 Å². The fourth-order valence-electron chi connectivity index (χ4n) is 4.16. The lowest BCUT2D eigenvalue weighted by Crippen LogP contribution is -2.26. The molecular weight excluding hydrogens is 391 g/mol. The lowest BCUT2D eigenvalue weighted by atomic mass is 10.0. The van der Waals surface area contributed by atoms with Gasteiger partial charge in [-0.25, -0.2) is 4.39 Å². The number of rotatable bonds is 3. The zero-order valence-electron chi connectivity index (χ0n) is 17.3. The highest BCUT2D eigenvalue weighted by atomic mass is 19.1. The molecule has 3 aromatic carbocycles. The Bertz CT molecular complexity index is 1240. The molecule has 1 aliphatic rings. The van der Waals surface area contributed by atoms with E-state index < -0.39 is 0 Å². The van der Waals surface area contributed by atoms with Crippen LogP contribution in [0.1, 0.15) is 11.3 Å². The molecule has 0 unspecified atom stereocenters. The minimum absolute atomic E-state index is 0.118. The van der Waals surface area contributed by atoms with Crippen LogP contribution in [-0.4, -0.2) is 40.3 Å². The minimum atomic E-state index is -0.196. The maximum absolute atomic E-state index is 14.1. The number of aliphatic hydroxyl groups is 1. The number of hydrogen-bond donors (Lipinski definition) is 1. The zero-order valence-corrected chi connectivity index (χ0v) is 17.3. The molecule has 156 valence electrons. The maximum Gasteiger partial charge on any atom is 0.131 e. The van der Waals surface area contributed by atoms with Crippen molar-refractivity contribution in [3.63, 3.8) is 0 Å². The molecule has 2 heterocycles. The van der Waals surface area contributed by atoms with Gasteiger partial charge in [-0.2, -0.15) is 10.2 Å². The standard InChI is InChI=1S/C25H23FN4O/c1-29-11-12-30(21-7-8-22-17(14-21)3-2-4-23(22)26)25-10-5-18(13-19(25)15-29)24-9-6-20(16-31)27-28-24/h2-10,13-14,31H,11-12,15-16H2,1H3. The Morgan fingerprint density at radius 3 is 2.68 bits per heavy atom. The summed E-state index contributed by atoms with van der Waals surface area (Å²) in [4.78, 5) is 4.59. The average molecular weight is 414 g/mol. The van der Waals surface area contributed by atoms with Gasteiger partial charge in [0.05, 0.1) is 18.0 Å². The van der Waals surface area contributed by atoms with E-state index in [9.17, 15) is 9.50 Å². The van der Waals surface area contributed by atoms with E-state index in [2.05, 4.69) is 51.3 Å². The SMILES string of the molecule is CN1CCN(c2ccc3c(F)cccc3c2)c2ccc(-c3ccc(CO)nn3)cc2C1. The summed E-state index contributed by atoms with van der Waals surface area (Å²) < 4.78 is 14.1. The Labute approximate surface area is 180 Å². The summed E-state index contributed by atoms with van der Waals surface area (Å²) in [7, 11) is 2.12. The molecule has 5 rings (SSSR count). The van der Waals surface area contributed by atoms with Crippen LogP contribution in [-0.2, 0) is 13.2 Å². The molecular formula is C25H23FN4O. The number of anilines is 2. The largest absolute Gasteiger partial charge is 0.390 e. The highest BCUT2D eigenvalue weighted by Crippen LogP contribution is 2.35. The normalized spacial score (nSPS) is 14.5. The van der Waals surface area contributed by atoms with Crippen LogP contribution in [0.3, 0.4) is 0 Å². The van der Waals surface area contributed by atoms with Crippen LogP contribution >= 0.6 is 0 Å². The summed E-state index contributed by atoms with van der Waals surface area (Å²) in [6.45, 7) is 2.46. The number of nitrogens with zero attached hydrogens (tertiary/aromatic N) is 4. The van der Waals surface area contributed by atoms with Crippen molar-refractivity contribution in [2.24, 2.45) is 0 Å². The lowest BCUT2D eigenvalue weighted by Gasteiger charge is -2.25. The summed E-state index contributed by atoms with van der Waals surface area (Å²) in [5.74, 6) is -0.196. The molecule has 0 fully saturated rings. The molecule has 1 aromatic heterocycles. The van der Waals surface area contributed by atoms with Crippen LogP contribution in [0.25, 0.3) is 22.0 Å². The van der Waals surface area contributed by atoms with E-state index in [1.807, 2.05) is 24.3 Å². The van der Waals surface area contributed by atoms with Crippen LogP contribution in [0.15, 0.2) is 66.7 Å². The van der Waals surface area contributed by atoms with Gasteiger partial charge in [0, 0.05) is 42.0 Å². The van der Waals surface area contributed by atoms with Gasteiger partial charge in [-0.15, -0.1) is 0 Å². The zero-order chi connectivity index (χ0) is 21.4. The van der Waals surface area contributed by atoms with Crippen molar-refractivity contribution in [2.75, 3.05) is 25.0 Å². The smallest absolute Gasteiger partial charge is 0.131 e. The maximum atomic E-state index is 14.1. The Kier molecular flexibility index (Phi) is 5.10. The number of hydrogen-bond acceptors (Lipinski definition) is 5. The minimum Gasteiger partial charge on any atom is -0.390 e. The molecule has 1 aliphatic heterocycles. The molecule has 0 spiro atoms. The molecule has 0 bridgehead atoms. The average Bonchev–Trinajstić information content (AvgIpc) is 2.96. The number of fused-ring (bicyclic) bond motifs is 2. The van der Waals surface area contributed by atoms with Crippen molar-refractivity contribution in [3.05, 3.63) is 83.8 Å². The molecule has 1 N–H and O–H groups in total. The van der Waals surface area contributed by atoms with Gasteiger partial charge in [0.1, 0.15) is 5.82 Å². The van der Waals surface area contributed by atoms with Crippen LogP contribution in [0.2, 0.25) is 0 Å². The van der Waals surface area contributed by atoms with Crippen molar-refractivity contribution < 1.29 is 9.50 Å². The first-order chi connectivity index (χ1) is 15.1. The number of aromatic nitrogens is 2.